The highest BCUT2D eigenvalue weighted by Crippen LogP contribution is 2.26. The second-order valence-corrected chi connectivity index (χ2v) is 7.24. The molecule has 18 heavy (non-hydrogen) atoms. The lowest BCUT2D eigenvalue weighted by atomic mass is 10.2. The van der Waals surface area contributed by atoms with Crippen LogP contribution >= 0.6 is 11.8 Å². The maximum atomic E-state index is 5.40. The number of hydrogen-bond acceptors (Lipinski definition) is 6. The fourth-order valence-corrected chi connectivity index (χ4v) is 2.35. The van der Waals surface area contributed by atoms with E-state index in [4.69, 9.17) is 9.26 Å². The zero-order valence-corrected chi connectivity index (χ0v) is 12.0. The van der Waals surface area contributed by atoms with Gasteiger partial charge in [0.2, 0.25) is 5.89 Å². The first kappa shape index (κ1) is 13.8. The largest absolute Gasteiger partial charge is 0.378 e. The molecule has 1 aliphatic heterocycles. The monoisotopic (exact) mass is 271 g/mol. The third kappa shape index (κ3) is 4.59. The molecule has 2 heterocycles. The third-order valence-corrected chi connectivity index (χ3v) is 3.83. The number of nitrogens with one attached hydrogen (secondary N) is 1. The Labute approximate surface area is 112 Å². The van der Waals surface area contributed by atoms with E-state index >= 15 is 0 Å². The first-order chi connectivity index (χ1) is 8.53. The molecule has 1 N–H and O–H groups in total. The van der Waals surface area contributed by atoms with E-state index in [1.165, 1.54) is 0 Å². The molecule has 1 saturated heterocycles. The Hall–Kier alpha value is -0.590. The van der Waals surface area contributed by atoms with Gasteiger partial charge in [-0.2, -0.15) is 4.98 Å². The fourth-order valence-electron chi connectivity index (χ4n) is 1.67. The van der Waals surface area contributed by atoms with E-state index in [9.17, 15) is 0 Å². The molecule has 0 aliphatic carbocycles. The summed E-state index contributed by atoms with van der Waals surface area (Å²) in [7, 11) is 0. The van der Waals surface area contributed by atoms with E-state index in [0.717, 1.165) is 31.1 Å². The quantitative estimate of drug-likeness (QED) is 0.898. The summed E-state index contributed by atoms with van der Waals surface area (Å²) in [6, 6.07) is 0.294. The molecule has 0 spiro atoms. The summed E-state index contributed by atoms with van der Waals surface area (Å²) in [6.45, 7) is 8.94. The van der Waals surface area contributed by atoms with Crippen molar-refractivity contribution in [3.8, 4) is 0 Å². The van der Waals surface area contributed by atoms with E-state index < -0.39 is 0 Å². The number of rotatable bonds is 4. The van der Waals surface area contributed by atoms with Crippen molar-refractivity contribution in [2.75, 3.05) is 19.8 Å². The van der Waals surface area contributed by atoms with Crippen molar-refractivity contribution in [1.82, 2.24) is 15.5 Å². The zero-order valence-electron chi connectivity index (χ0n) is 11.2. The Morgan fingerprint density at radius 3 is 2.94 bits per heavy atom. The summed E-state index contributed by atoms with van der Waals surface area (Å²) in [5.41, 5.74) is 0. The number of aromatic nitrogens is 2. The van der Waals surface area contributed by atoms with Gasteiger partial charge in [0, 0.05) is 23.8 Å². The van der Waals surface area contributed by atoms with Gasteiger partial charge in [0.15, 0.2) is 5.82 Å². The zero-order chi connectivity index (χ0) is 13.0. The number of ether oxygens (including phenoxy) is 1. The molecule has 5 nitrogen and oxygen atoms in total. The van der Waals surface area contributed by atoms with Crippen molar-refractivity contribution in [3.63, 3.8) is 0 Å². The molecule has 1 aromatic heterocycles. The van der Waals surface area contributed by atoms with Crippen molar-refractivity contribution in [3.05, 3.63) is 11.7 Å². The molecule has 1 aromatic rings. The van der Waals surface area contributed by atoms with Crippen LogP contribution < -0.4 is 5.32 Å². The lowest BCUT2D eigenvalue weighted by Gasteiger charge is -2.22. The number of thioether (sulfide) groups is 1. The summed E-state index contributed by atoms with van der Waals surface area (Å²) >= 11 is 1.82. The van der Waals surface area contributed by atoms with Crippen molar-refractivity contribution >= 4 is 11.8 Å². The Morgan fingerprint density at radius 1 is 1.44 bits per heavy atom. The normalized spacial score (nSPS) is 21.2. The highest BCUT2D eigenvalue weighted by molar-refractivity contribution is 7.99. The average molecular weight is 271 g/mol. The standard InChI is InChI=1S/C12H21N3O2S/c1-12(2,3)18-8-10-14-11(17-15-10)6-9-7-16-5-4-13-9/h9,13H,4-8H2,1-3H3. The first-order valence-corrected chi connectivity index (χ1v) is 7.28. The molecule has 2 rings (SSSR count). The molecule has 1 unspecified atom stereocenters. The van der Waals surface area contributed by atoms with Crippen LogP contribution in [0.2, 0.25) is 0 Å². The summed E-state index contributed by atoms with van der Waals surface area (Å²) in [5, 5.41) is 7.38. The minimum Gasteiger partial charge on any atom is -0.378 e. The molecule has 0 saturated carbocycles. The van der Waals surface area contributed by atoms with Crippen molar-refractivity contribution in [2.45, 2.75) is 43.7 Å². The van der Waals surface area contributed by atoms with Crippen LogP contribution in [0, 0.1) is 0 Å². The molecular formula is C12H21N3O2S. The van der Waals surface area contributed by atoms with Gasteiger partial charge in [-0.3, -0.25) is 0 Å². The van der Waals surface area contributed by atoms with Crippen LogP contribution in [0.15, 0.2) is 4.52 Å². The van der Waals surface area contributed by atoms with Crippen LogP contribution in [-0.2, 0) is 16.9 Å². The highest BCUT2D eigenvalue weighted by atomic mass is 32.2. The minimum atomic E-state index is 0.222. The van der Waals surface area contributed by atoms with E-state index in [1.54, 1.807) is 0 Å². The summed E-state index contributed by atoms with van der Waals surface area (Å²) < 4.78 is 10.9. The molecular weight excluding hydrogens is 250 g/mol. The second kappa shape index (κ2) is 6.04. The smallest absolute Gasteiger partial charge is 0.228 e. The van der Waals surface area contributed by atoms with E-state index in [-0.39, 0.29) is 4.75 Å². The van der Waals surface area contributed by atoms with Gasteiger partial charge in [-0.1, -0.05) is 25.9 Å². The molecule has 0 aromatic carbocycles. The molecule has 0 radical (unpaired) electrons. The average Bonchev–Trinajstić information content (AvgIpc) is 2.75. The van der Waals surface area contributed by atoms with Crippen LogP contribution in [0.3, 0.4) is 0 Å². The fraction of sp³-hybridized carbons (Fsp3) is 0.833. The third-order valence-electron chi connectivity index (χ3n) is 2.56. The molecule has 1 fully saturated rings. The Morgan fingerprint density at radius 2 is 2.28 bits per heavy atom. The lowest BCUT2D eigenvalue weighted by molar-refractivity contribution is 0.0744. The van der Waals surface area contributed by atoms with Gasteiger partial charge < -0.3 is 14.6 Å². The molecule has 6 heteroatoms. The Balaban J connectivity index is 1.82. The van der Waals surface area contributed by atoms with E-state index in [1.807, 2.05) is 11.8 Å². The Bertz CT molecular complexity index is 370. The highest BCUT2D eigenvalue weighted by Gasteiger charge is 2.18. The van der Waals surface area contributed by atoms with Gasteiger partial charge >= 0.3 is 0 Å². The molecule has 1 aliphatic rings. The van der Waals surface area contributed by atoms with E-state index in [2.05, 4.69) is 36.2 Å². The molecule has 0 bridgehead atoms. The maximum absolute atomic E-state index is 5.40. The molecule has 1 atom stereocenters. The van der Waals surface area contributed by atoms with Gasteiger partial charge in [-0.15, -0.1) is 11.8 Å². The van der Waals surface area contributed by atoms with Gasteiger partial charge in [0.05, 0.1) is 19.0 Å². The van der Waals surface area contributed by atoms with Crippen molar-refractivity contribution in [2.24, 2.45) is 0 Å². The molecule has 102 valence electrons. The minimum absolute atomic E-state index is 0.222. The summed E-state index contributed by atoms with van der Waals surface area (Å²) in [6.07, 6.45) is 0.743. The lowest BCUT2D eigenvalue weighted by Crippen LogP contribution is -2.42. The van der Waals surface area contributed by atoms with Gasteiger partial charge in [0.25, 0.3) is 0 Å². The predicted octanol–water partition coefficient (Wildman–Crippen LogP) is 1.63. The number of hydrogen-bond donors (Lipinski definition) is 1. The van der Waals surface area contributed by atoms with Crippen LogP contribution in [0.4, 0.5) is 0 Å². The SMILES string of the molecule is CC(C)(C)SCc1noc(CC2COCCN2)n1. The Kier molecular flexibility index (Phi) is 4.64. The van der Waals surface area contributed by atoms with Crippen LogP contribution in [-0.4, -0.2) is 40.7 Å². The van der Waals surface area contributed by atoms with Gasteiger partial charge in [-0.25, -0.2) is 0 Å². The van der Waals surface area contributed by atoms with Crippen molar-refractivity contribution < 1.29 is 9.26 Å². The predicted molar refractivity (Wildman–Crippen MR) is 71.7 cm³/mol. The second-order valence-electron chi connectivity index (χ2n) is 5.44. The number of morpholine rings is 1. The topological polar surface area (TPSA) is 60.2 Å². The summed E-state index contributed by atoms with van der Waals surface area (Å²) in [4.78, 5) is 4.41. The van der Waals surface area contributed by atoms with Gasteiger partial charge in [0.1, 0.15) is 0 Å². The summed E-state index contributed by atoms with van der Waals surface area (Å²) in [5.74, 6) is 2.27. The maximum Gasteiger partial charge on any atom is 0.228 e. The molecule has 0 amide bonds. The van der Waals surface area contributed by atoms with Crippen LogP contribution in [0.25, 0.3) is 0 Å². The van der Waals surface area contributed by atoms with Crippen molar-refractivity contribution in [1.29, 1.82) is 0 Å². The van der Waals surface area contributed by atoms with Crippen LogP contribution in [0.1, 0.15) is 32.5 Å². The van der Waals surface area contributed by atoms with E-state index in [0.29, 0.717) is 18.5 Å². The first-order valence-electron chi connectivity index (χ1n) is 6.29. The van der Waals surface area contributed by atoms with Crippen LogP contribution in [0.5, 0.6) is 0 Å². The van der Waals surface area contributed by atoms with Gasteiger partial charge in [-0.05, 0) is 0 Å². The number of nitrogens with zero attached hydrogens (tertiary/aromatic N) is 2.